The number of rotatable bonds is 2. The van der Waals surface area contributed by atoms with E-state index in [1.165, 1.54) is 0 Å². The highest BCUT2D eigenvalue weighted by atomic mass is 35.5. The van der Waals surface area contributed by atoms with Crippen LogP contribution in [0.5, 0.6) is 0 Å². The molecule has 2 heterocycles. The molecular weight excluding hydrogens is 297 g/mol. The van der Waals surface area contributed by atoms with E-state index in [1.54, 1.807) is 41.0 Å². The van der Waals surface area contributed by atoms with Crippen molar-refractivity contribution in [3.63, 3.8) is 0 Å². The highest BCUT2D eigenvalue weighted by Crippen LogP contribution is 2.22. The zero-order chi connectivity index (χ0) is 14.1. The van der Waals surface area contributed by atoms with Gasteiger partial charge >= 0.3 is 0 Å². The number of aromatic nitrogens is 2. The number of hydrogen-bond donors (Lipinski definition) is 1. The molecule has 0 aliphatic carbocycles. The summed E-state index contributed by atoms with van der Waals surface area (Å²) in [6.07, 6.45) is 1.74. The first-order valence-electron chi connectivity index (χ1n) is 5.85. The van der Waals surface area contributed by atoms with Crippen molar-refractivity contribution in [1.82, 2.24) is 9.61 Å². The molecular formula is C14H9Cl2N3O. The summed E-state index contributed by atoms with van der Waals surface area (Å²) < 4.78 is 1.57. The van der Waals surface area contributed by atoms with Gasteiger partial charge in [0.05, 0.1) is 10.5 Å². The monoisotopic (exact) mass is 305 g/mol. The quantitative estimate of drug-likeness (QED) is 0.780. The number of pyridine rings is 1. The predicted octanol–water partition coefficient (Wildman–Crippen LogP) is 3.89. The van der Waals surface area contributed by atoms with Gasteiger partial charge in [0.1, 0.15) is 0 Å². The van der Waals surface area contributed by atoms with E-state index in [9.17, 15) is 4.79 Å². The summed E-state index contributed by atoms with van der Waals surface area (Å²) in [5.74, 6) is -0.360. The van der Waals surface area contributed by atoms with Crippen molar-refractivity contribution in [1.29, 1.82) is 0 Å². The summed E-state index contributed by atoms with van der Waals surface area (Å²) >= 11 is 12.0. The Kier molecular flexibility index (Phi) is 3.34. The van der Waals surface area contributed by atoms with Crippen LogP contribution in [0.4, 0.5) is 5.69 Å². The molecule has 4 nitrogen and oxygen atoms in total. The number of carbonyl (C=O) groups excluding carboxylic acids is 1. The van der Waals surface area contributed by atoms with Gasteiger partial charge in [0, 0.05) is 16.9 Å². The van der Waals surface area contributed by atoms with Crippen molar-refractivity contribution in [2.75, 3.05) is 5.32 Å². The minimum absolute atomic E-state index is 0.188. The molecule has 0 spiro atoms. The van der Waals surface area contributed by atoms with E-state index < -0.39 is 0 Å². The van der Waals surface area contributed by atoms with Gasteiger partial charge in [-0.05, 0) is 36.4 Å². The Labute approximate surface area is 124 Å². The van der Waals surface area contributed by atoms with E-state index in [0.717, 1.165) is 0 Å². The van der Waals surface area contributed by atoms with Gasteiger partial charge in [-0.25, -0.2) is 4.52 Å². The van der Waals surface area contributed by atoms with E-state index in [2.05, 4.69) is 10.4 Å². The third-order valence-corrected chi connectivity index (χ3v) is 3.42. The Bertz CT molecular complexity index is 781. The van der Waals surface area contributed by atoms with Crippen LogP contribution in [0, 0.1) is 0 Å². The Morgan fingerprint density at radius 2 is 1.85 bits per heavy atom. The van der Waals surface area contributed by atoms with Crippen molar-refractivity contribution < 1.29 is 4.79 Å². The van der Waals surface area contributed by atoms with Gasteiger partial charge < -0.3 is 5.32 Å². The second-order valence-electron chi connectivity index (χ2n) is 4.15. The molecule has 1 N–H and O–H groups in total. The van der Waals surface area contributed by atoms with Crippen LogP contribution in [0.1, 0.15) is 10.5 Å². The molecule has 0 aliphatic rings. The van der Waals surface area contributed by atoms with Crippen molar-refractivity contribution in [3.8, 4) is 0 Å². The Morgan fingerprint density at radius 1 is 1.10 bits per heavy atom. The lowest BCUT2D eigenvalue weighted by Gasteiger charge is -2.03. The van der Waals surface area contributed by atoms with Crippen molar-refractivity contribution in [3.05, 3.63) is 64.4 Å². The van der Waals surface area contributed by atoms with Crippen LogP contribution in [-0.4, -0.2) is 15.5 Å². The maximum atomic E-state index is 12.2. The second-order valence-corrected chi connectivity index (χ2v) is 4.97. The fourth-order valence-corrected chi connectivity index (χ4v) is 2.24. The number of halogens is 2. The number of carbonyl (C=O) groups is 1. The molecule has 0 unspecified atom stereocenters. The fourth-order valence-electron chi connectivity index (χ4n) is 1.84. The number of hydrogen-bond acceptors (Lipinski definition) is 2. The van der Waals surface area contributed by atoms with Gasteiger partial charge in [0.2, 0.25) is 0 Å². The highest BCUT2D eigenvalue weighted by molar-refractivity contribution is 6.37. The molecule has 0 saturated carbocycles. The summed E-state index contributed by atoms with van der Waals surface area (Å²) in [4.78, 5) is 12.2. The molecule has 2 aromatic heterocycles. The molecule has 20 heavy (non-hydrogen) atoms. The molecule has 3 rings (SSSR count). The minimum atomic E-state index is -0.360. The second kappa shape index (κ2) is 5.15. The Balaban J connectivity index is 1.92. The maximum Gasteiger partial charge on any atom is 0.277 e. The van der Waals surface area contributed by atoms with E-state index in [-0.39, 0.29) is 11.6 Å². The molecule has 1 aromatic carbocycles. The van der Waals surface area contributed by atoms with Crippen LogP contribution >= 0.6 is 23.2 Å². The zero-order valence-electron chi connectivity index (χ0n) is 10.2. The lowest BCUT2D eigenvalue weighted by molar-refractivity contribution is 0.102. The average molecular weight is 306 g/mol. The Morgan fingerprint density at radius 3 is 2.55 bits per heavy atom. The number of benzene rings is 1. The number of nitrogens with one attached hydrogen (secondary N) is 1. The summed E-state index contributed by atoms with van der Waals surface area (Å²) in [7, 11) is 0. The fraction of sp³-hybridized carbons (Fsp3) is 0. The molecule has 0 saturated heterocycles. The van der Waals surface area contributed by atoms with E-state index in [1.807, 2.05) is 12.1 Å². The van der Waals surface area contributed by atoms with Crippen LogP contribution in [0.3, 0.4) is 0 Å². The van der Waals surface area contributed by atoms with Gasteiger partial charge in [-0.3, -0.25) is 4.79 Å². The van der Waals surface area contributed by atoms with Gasteiger partial charge in [-0.2, -0.15) is 5.10 Å². The first kappa shape index (κ1) is 13.0. The molecule has 3 aromatic rings. The molecule has 6 heteroatoms. The third-order valence-electron chi connectivity index (χ3n) is 2.80. The third kappa shape index (κ3) is 2.35. The minimum Gasteiger partial charge on any atom is -0.321 e. The van der Waals surface area contributed by atoms with Gasteiger partial charge in [-0.1, -0.05) is 29.3 Å². The van der Waals surface area contributed by atoms with E-state index >= 15 is 0 Å². The van der Waals surface area contributed by atoms with Crippen LogP contribution in [-0.2, 0) is 0 Å². The SMILES string of the molecule is O=C(Nc1ccc(Cl)cc1)c1nn2ccccc2c1Cl. The largest absolute Gasteiger partial charge is 0.321 e. The predicted molar refractivity (Wildman–Crippen MR) is 79.6 cm³/mol. The number of amides is 1. The van der Waals surface area contributed by atoms with Gasteiger partial charge in [0.25, 0.3) is 5.91 Å². The first-order chi connectivity index (χ1) is 9.65. The maximum absolute atomic E-state index is 12.2. The van der Waals surface area contributed by atoms with Gasteiger partial charge in [0.15, 0.2) is 5.69 Å². The smallest absolute Gasteiger partial charge is 0.277 e. The molecule has 100 valence electrons. The number of fused-ring (bicyclic) bond motifs is 1. The molecule has 0 atom stereocenters. The topological polar surface area (TPSA) is 46.4 Å². The molecule has 1 amide bonds. The van der Waals surface area contributed by atoms with Crippen molar-refractivity contribution in [2.45, 2.75) is 0 Å². The van der Waals surface area contributed by atoms with Crippen molar-refractivity contribution in [2.24, 2.45) is 0 Å². The van der Waals surface area contributed by atoms with Crippen LogP contribution in [0.25, 0.3) is 5.52 Å². The molecule has 0 aliphatic heterocycles. The highest BCUT2D eigenvalue weighted by Gasteiger charge is 2.17. The first-order valence-corrected chi connectivity index (χ1v) is 6.60. The normalized spacial score (nSPS) is 10.7. The van der Waals surface area contributed by atoms with Crippen LogP contribution in [0.2, 0.25) is 10.0 Å². The summed E-state index contributed by atoms with van der Waals surface area (Å²) in [5, 5.41) is 7.84. The lowest BCUT2D eigenvalue weighted by Crippen LogP contribution is -2.13. The average Bonchev–Trinajstić information content (AvgIpc) is 2.79. The lowest BCUT2D eigenvalue weighted by atomic mass is 10.3. The van der Waals surface area contributed by atoms with Crippen LogP contribution in [0.15, 0.2) is 48.7 Å². The summed E-state index contributed by atoms with van der Waals surface area (Å²) in [5.41, 5.74) is 1.51. The number of anilines is 1. The Hall–Kier alpha value is -2.04. The van der Waals surface area contributed by atoms with Crippen LogP contribution < -0.4 is 5.32 Å². The van der Waals surface area contributed by atoms with E-state index in [4.69, 9.17) is 23.2 Å². The van der Waals surface area contributed by atoms with E-state index in [0.29, 0.717) is 21.2 Å². The molecule has 0 radical (unpaired) electrons. The standard InChI is InChI=1S/C14H9Cl2N3O/c15-9-4-6-10(7-5-9)17-14(20)13-12(16)11-3-1-2-8-19(11)18-13/h1-8H,(H,17,20). The van der Waals surface area contributed by atoms with Crippen molar-refractivity contribution >= 4 is 40.3 Å². The summed E-state index contributed by atoms with van der Waals surface area (Å²) in [6, 6.07) is 12.3. The summed E-state index contributed by atoms with van der Waals surface area (Å²) in [6.45, 7) is 0. The molecule has 0 fully saturated rings. The number of nitrogens with zero attached hydrogens (tertiary/aromatic N) is 2. The van der Waals surface area contributed by atoms with Gasteiger partial charge in [-0.15, -0.1) is 0 Å². The molecule has 0 bridgehead atoms. The zero-order valence-corrected chi connectivity index (χ0v) is 11.7.